The van der Waals surface area contributed by atoms with Gasteiger partial charge in [0.2, 0.25) is 11.8 Å². The number of piperidine rings is 1. The fourth-order valence-electron chi connectivity index (χ4n) is 3.17. The van der Waals surface area contributed by atoms with E-state index in [4.69, 9.17) is 5.73 Å². The Hall–Kier alpha value is -1.16. The van der Waals surface area contributed by atoms with Crippen molar-refractivity contribution in [3.8, 4) is 0 Å². The van der Waals surface area contributed by atoms with Gasteiger partial charge in [0.15, 0.2) is 0 Å². The van der Waals surface area contributed by atoms with Gasteiger partial charge in [-0.15, -0.1) is 0 Å². The Morgan fingerprint density at radius 1 is 1.06 bits per heavy atom. The second-order valence-electron chi connectivity index (χ2n) is 5.52. The summed E-state index contributed by atoms with van der Waals surface area (Å²) in [5, 5.41) is 0. The smallest absolute Gasteiger partial charge is 0.230 e. The van der Waals surface area contributed by atoms with Gasteiger partial charge in [-0.2, -0.15) is 0 Å². The minimum Gasteiger partial charge on any atom is -0.327 e. The monoisotopic (exact) mass is 250 g/mol. The molecular formula is C14H22N2O2. The molecule has 4 heteroatoms. The highest BCUT2D eigenvalue weighted by molar-refractivity contribution is 5.98. The molecular weight excluding hydrogens is 228 g/mol. The Morgan fingerprint density at radius 3 is 2.22 bits per heavy atom. The summed E-state index contributed by atoms with van der Waals surface area (Å²) in [6.45, 7) is 0.825. The van der Waals surface area contributed by atoms with Gasteiger partial charge in [-0.3, -0.25) is 14.5 Å². The lowest BCUT2D eigenvalue weighted by Gasteiger charge is -2.42. The van der Waals surface area contributed by atoms with Crippen LogP contribution in [0.1, 0.15) is 44.9 Å². The first-order chi connectivity index (χ1) is 8.67. The molecule has 0 bridgehead atoms. The average Bonchev–Trinajstić information content (AvgIpc) is 2.34. The predicted octanol–water partition coefficient (Wildman–Crippen LogP) is 1.60. The molecule has 1 spiro atoms. The molecule has 1 heterocycles. The SMILES string of the molecule is NC/C=C/CN1C(=O)CC2(CCCCC2)CC1=O. The molecule has 0 radical (unpaired) electrons. The molecule has 0 aromatic rings. The van der Waals surface area contributed by atoms with Crippen LogP contribution in [0.15, 0.2) is 12.2 Å². The number of carbonyl (C=O) groups is 2. The zero-order chi connectivity index (χ0) is 13.0. The van der Waals surface area contributed by atoms with E-state index < -0.39 is 0 Å². The minimum atomic E-state index is -0.0134. The zero-order valence-electron chi connectivity index (χ0n) is 10.9. The van der Waals surface area contributed by atoms with Crippen LogP contribution in [0, 0.1) is 5.41 Å². The van der Waals surface area contributed by atoms with Gasteiger partial charge in [-0.1, -0.05) is 31.4 Å². The number of amides is 2. The van der Waals surface area contributed by atoms with Crippen LogP contribution in [-0.2, 0) is 9.59 Å². The molecule has 1 saturated heterocycles. The van der Waals surface area contributed by atoms with Crippen molar-refractivity contribution in [1.29, 1.82) is 0 Å². The Morgan fingerprint density at radius 2 is 1.67 bits per heavy atom. The second-order valence-corrected chi connectivity index (χ2v) is 5.52. The third-order valence-electron chi connectivity index (χ3n) is 4.16. The van der Waals surface area contributed by atoms with Crippen molar-refractivity contribution in [1.82, 2.24) is 4.90 Å². The molecule has 1 aliphatic heterocycles. The van der Waals surface area contributed by atoms with Crippen molar-refractivity contribution in [3.63, 3.8) is 0 Å². The highest BCUT2D eigenvalue weighted by Gasteiger charge is 2.43. The standard InChI is InChI=1S/C14H22N2O2/c15-8-4-5-9-16-12(17)10-14(11-13(16)18)6-2-1-3-7-14/h4-5H,1-3,6-11,15H2/b5-4+. The molecule has 0 aromatic heterocycles. The fraction of sp³-hybridized carbons (Fsp3) is 0.714. The first kappa shape index (κ1) is 13.3. The number of imide groups is 1. The van der Waals surface area contributed by atoms with E-state index in [1.54, 1.807) is 12.2 Å². The van der Waals surface area contributed by atoms with Crippen LogP contribution >= 0.6 is 0 Å². The second kappa shape index (κ2) is 5.65. The third kappa shape index (κ3) is 2.80. The molecule has 2 aliphatic rings. The van der Waals surface area contributed by atoms with Gasteiger partial charge in [-0.25, -0.2) is 0 Å². The lowest BCUT2D eigenvalue weighted by molar-refractivity contribution is -0.153. The van der Waals surface area contributed by atoms with Gasteiger partial charge in [0.25, 0.3) is 0 Å². The van der Waals surface area contributed by atoms with Crippen molar-refractivity contribution >= 4 is 11.8 Å². The fourth-order valence-corrected chi connectivity index (χ4v) is 3.17. The Kier molecular flexibility index (Phi) is 4.17. The van der Waals surface area contributed by atoms with E-state index in [1.165, 1.54) is 11.3 Å². The Labute approximate surface area is 108 Å². The minimum absolute atomic E-state index is 0.00479. The van der Waals surface area contributed by atoms with Crippen LogP contribution in [0.5, 0.6) is 0 Å². The summed E-state index contributed by atoms with van der Waals surface area (Å²) in [6.07, 6.45) is 10.3. The van der Waals surface area contributed by atoms with E-state index in [0.29, 0.717) is 25.9 Å². The maximum absolute atomic E-state index is 12.1. The number of nitrogens with two attached hydrogens (primary N) is 1. The van der Waals surface area contributed by atoms with E-state index in [1.807, 2.05) is 0 Å². The summed E-state index contributed by atoms with van der Waals surface area (Å²) in [7, 11) is 0. The molecule has 0 unspecified atom stereocenters. The largest absolute Gasteiger partial charge is 0.327 e. The summed E-state index contributed by atoms with van der Waals surface area (Å²) in [5.74, 6) is -0.00959. The van der Waals surface area contributed by atoms with Gasteiger partial charge < -0.3 is 5.73 Å². The summed E-state index contributed by atoms with van der Waals surface area (Å²) < 4.78 is 0. The van der Waals surface area contributed by atoms with Gasteiger partial charge in [-0.05, 0) is 18.3 Å². The quantitative estimate of drug-likeness (QED) is 0.611. The van der Waals surface area contributed by atoms with Gasteiger partial charge in [0, 0.05) is 25.9 Å². The van der Waals surface area contributed by atoms with Crippen molar-refractivity contribution < 1.29 is 9.59 Å². The van der Waals surface area contributed by atoms with E-state index >= 15 is 0 Å². The van der Waals surface area contributed by atoms with Crippen LogP contribution in [0.25, 0.3) is 0 Å². The lowest BCUT2D eigenvalue weighted by atomic mass is 9.67. The highest BCUT2D eigenvalue weighted by Crippen LogP contribution is 2.45. The molecule has 2 rings (SSSR count). The van der Waals surface area contributed by atoms with Crippen molar-refractivity contribution in [2.45, 2.75) is 44.9 Å². The summed E-state index contributed by atoms with van der Waals surface area (Å²) >= 11 is 0. The van der Waals surface area contributed by atoms with Crippen molar-refractivity contribution in [2.24, 2.45) is 11.1 Å². The predicted molar refractivity (Wildman–Crippen MR) is 69.7 cm³/mol. The number of likely N-dealkylation sites (tertiary alicyclic amines) is 1. The lowest BCUT2D eigenvalue weighted by Crippen LogP contribution is -2.48. The van der Waals surface area contributed by atoms with E-state index in [9.17, 15) is 9.59 Å². The molecule has 0 aromatic carbocycles. The van der Waals surface area contributed by atoms with Gasteiger partial charge in [0.1, 0.15) is 0 Å². The van der Waals surface area contributed by atoms with Crippen LogP contribution in [0.2, 0.25) is 0 Å². The first-order valence-corrected chi connectivity index (χ1v) is 6.85. The molecule has 2 N–H and O–H groups in total. The van der Waals surface area contributed by atoms with E-state index in [0.717, 1.165) is 25.7 Å². The van der Waals surface area contributed by atoms with Crippen LogP contribution < -0.4 is 5.73 Å². The first-order valence-electron chi connectivity index (χ1n) is 6.85. The van der Waals surface area contributed by atoms with Crippen molar-refractivity contribution in [3.05, 3.63) is 12.2 Å². The Balaban J connectivity index is 2.01. The van der Waals surface area contributed by atoms with Crippen LogP contribution in [0.3, 0.4) is 0 Å². The number of rotatable bonds is 3. The maximum atomic E-state index is 12.1. The van der Waals surface area contributed by atoms with Gasteiger partial charge >= 0.3 is 0 Å². The molecule has 2 amide bonds. The average molecular weight is 250 g/mol. The molecule has 1 aliphatic carbocycles. The maximum Gasteiger partial charge on any atom is 0.230 e. The number of carbonyl (C=O) groups excluding carboxylic acids is 2. The topological polar surface area (TPSA) is 63.4 Å². The molecule has 18 heavy (non-hydrogen) atoms. The number of nitrogens with zero attached hydrogens (tertiary/aromatic N) is 1. The highest BCUT2D eigenvalue weighted by atomic mass is 16.2. The molecule has 100 valence electrons. The third-order valence-corrected chi connectivity index (χ3v) is 4.16. The van der Waals surface area contributed by atoms with Crippen LogP contribution in [0.4, 0.5) is 0 Å². The normalized spacial score (nSPS) is 24.2. The molecule has 4 nitrogen and oxygen atoms in total. The Bertz CT molecular complexity index is 337. The number of hydrogen-bond acceptors (Lipinski definition) is 3. The molecule has 2 fully saturated rings. The van der Waals surface area contributed by atoms with E-state index in [-0.39, 0.29) is 17.2 Å². The summed E-state index contributed by atoms with van der Waals surface area (Å²) in [5.41, 5.74) is 5.34. The molecule has 1 saturated carbocycles. The summed E-state index contributed by atoms with van der Waals surface area (Å²) in [6, 6.07) is 0. The summed E-state index contributed by atoms with van der Waals surface area (Å²) in [4.78, 5) is 25.6. The van der Waals surface area contributed by atoms with Gasteiger partial charge in [0.05, 0.1) is 0 Å². The molecule has 0 atom stereocenters. The number of hydrogen-bond donors (Lipinski definition) is 1. The zero-order valence-corrected chi connectivity index (χ0v) is 10.9. The van der Waals surface area contributed by atoms with E-state index in [2.05, 4.69) is 0 Å². The van der Waals surface area contributed by atoms with Crippen molar-refractivity contribution in [2.75, 3.05) is 13.1 Å². The van der Waals surface area contributed by atoms with Crippen LogP contribution in [-0.4, -0.2) is 29.8 Å².